The number of esters is 2. The van der Waals surface area contributed by atoms with E-state index in [0.717, 1.165) is 11.1 Å². The van der Waals surface area contributed by atoms with Crippen molar-refractivity contribution >= 4 is 70.2 Å². The number of nitrogens with zero attached hydrogens (tertiary/aromatic N) is 4. The lowest BCUT2D eigenvalue weighted by atomic mass is 10.1. The number of amides is 1. The number of rotatable bonds is 11. The van der Waals surface area contributed by atoms with Crippen molar-refractivity contribution in [2.75, 3.05) is 0 Å². The number of nitrogens with one attached hydrogen (secondary N) is 1. The van der Waals surface area contributed by atoms with Crippen molar-refractivity contribution in [2.45, 2.75) is 78.7 Å². The molecule has 0 saturated carbocycles. The molecule has 1 amide bonds. The Hall–Kier alpha value is -6.36. The Morgan fingerprint density at radius 1 is 0.582 bits per heavy atom. The SMILES string of the molecule is C[C@H](N)c1ccc(C(=O)OC(C)(C)C)cc1.C[C@H](NC(=O)c1cc(Cl)cnc1Oc1cncc(Cl)c1)c1ccc(C(=O)OC(C)(C)C)cc1.O=C(O)c1cc(Cl)cnc1Oc1cncc(Cl)c1. The van der Waals surface area contributed by atoms with Crippen LogP contribution in [0.1, 0.15) is 120 Å². The quantitative estimate of drug-likeness (QED) is 0.103. The molecule has 0 aliphatic carbocycles. The van der Waals surface area contributed by atoms with Crippen LogP contribution in [0.15, 0.2) is 110 Å². The summed E-state index contributed by atoms with van der Waals surface area (Å²) in [5.74, 6) is -1.72. The Labute approximate surface area is 407 Å². The predicted molar refractivity (Wildman–Crippen MR) is 256 cm³/mol. The van der Waals surface area contributed by atoms with Crippen LogP contribution in [0.2, 0.25) is 20.1 Å². The number of hydrogen-bond acceptors (Lipinski definition) is 13. The zero-order valence-electron chi connectivity index (χ0n) is 37.6. The zero-order chi connectivity index (χ0) is 49.6. The fourth-order valence-corrected chi connectivity index (χ4v) is 5.96. The Morgan fingerprint density at radius 3 is 1.36 bits per heavy atom. The van der Waals surface area contributed by atoms with E-state index in [4.69, 9.17) is 76.2 Å². The molecule has 19 heteroatoms. The molecule has 6 rings (SSSR count). The molecular weight excluding hydrogens is 946 g/mol. The summed E-state index contributed by atoms with van der Waals surface area (Å²) in [6.45, 7) is 14.7. The summed E-state index contributed by atoms with van der Waals surface area (Å²) in [5, 5.41) is 13.1. The van der Waals surface area contributed by atoms with Gasteiger partial charge in [-0.2, -0.15) is 0 Å². The molecule has 0 bridgehead atoms. The Balaban J connectivity index is 0.000000242. The maximum Gasteiger partial charge on any atom is 0.341 e. The Kier molecular flexibility index (Phi) is 19.0. The van der Waals surface area contributed by atoms with E-state index in [1.54, 1.807) is 42.5 Å². The van der Waals surface area contributed by atoms with Crippen molar-refractivity contribution in [3.8, 4) is 23.3 Å². The summed E-state index contributed by atoms with van der Waals surface area (Å²) >= 11 is 23.4. The van der Waals surface area contributed by atoms with E-state index in [-0.39, 0.29) is 51.0 Å². The lowest BCUT2D eigenvalue weighted by molar-refractivity contribution is 0.00570. The lowest BCUT2D eigenvalue weighted by Crippen LogP contribution is -2.27. The van der Waals surface area contributed by atoms with Gasteiger partial charge in [0, 0.05) is 43.0 Å². The second-order valence-electron chi connectivity index (χ2n) is 16.4. The first-order valence-corrected chi connectivity index (χ1v) is 21.7. The first kappa shape index (κ1) is 53.3. The number of benzene rings is 2. The highest BCUT2D eigenvalue weighted by molar-refractivity contribution is 6.31. The molecule has 0 aliphatic rings. The minimum Gasteiger partial charge on any atom is -0.477 e. The van der Waals surface area contributed by atoms with Gasteiger partial charge in [-0.1, -0.05) is 70.7 Å². The van der Waals surface area contributed by atoms with Crippen LogP contribution in [0.4, 0.5) is 0 Å². The van der Waals surface area contributed by atoms with E-state index in [9.17, 15) is 19.2 Å². The molecule has 6 aromatic rings. The van der Waals surface area contributed by atoms with Gasteiger partial charge in [0.1, 0.15) is 33.8 Å². The monoisotopic (exact) mass is 992 g/mol. The normalized spacial score (nSPS) is 11.8. The van der Waals surface area contributed by atoms with Crippen molar-refractivity contribution in [3.05, 3.63) is 163 Å². The fourth-order valence-electron chi connectivity index (χ4n) is 5.31. The van der Waals surface area contributed by atoms with Crippen LogP contribution >= 0.6 is 46.4 Å². The number of nitrogens with two attached hydrogens (primary N) is 1. The Bertz CT molecular complexity index is 2670. The van der Waals surface area contributed by atoms with E-state index in [2.05, 4.69) is 25.3 Å². The molecule has 4 N–H and O–H groups in total. The number of carbonyl (C=O) groups is 4. The third-order valence-electron chi connectivity index (χ3n) is 8.36. The largest absolute Gasteiger partial charge is 0.477 e. The second-order valence-corrected chi connectivity index (χ2v) is 18.2. The average Bonchev–Trinajstić information content (AvgIpc) is 3.24. The number of hydrogen-bond donors (Lipinski definition) is 3. The van der Waals surface area contributed by atoms with Gasteiger partial charge in [0.25, 0.3) is 5.91 Å². The van der Waals surface area contributed by atoms with Gasteiger partial charge in [-0.05, 0) is 103 Å². The summed E-state index contributed by atoms with van der Waals surface area (Å²) in [5.41, 5.74) is 7.49. The molecule has 0 aliphatic heterocycles. The standard InChI is InChI=1S/C24H23Cl2N3O4.C13H19NO2.C11H6Cl2N2O3/c1-14(15-5-7-16(8-6-15)23(31)33-24(2,3)4)29-21(30)20-10-18(26)12-28-22(20)32-19-9-17(25)11-27-13-19;1-9(14)10-5-7-11(8-6-10)12(15)16-13(2,3)4;12-6-1-8(5-14-3-6)18-10-9(11(16)17)2-7(13)4-15-10/h5-14H,1-4H3,(H,29,30);5-9H,14H2,1-4H3;1-5H,(H,16,17)/t14-;9-;/m00./s1. The van der Waals surface area contributed by atoms with E-state index < -0.39 is 29.0 Å². The average molecular weight is 995 g/mol. The molecule has 2 atom stereocenters. The van der Waals surface area contributed by atoms with Crippen LogP contribution in [0.3, 0.4) is 0 Å². The van der Waals surface area contributed by atoms with E-state index >= 15 is 0 Å². The molecular formula is C48H48Cl4N6O9. The summed E-state index contributed by atoms with van der Waals surface area (Å²) in [7, 11) is 0. The number of halogens is 4. The van der Waals surface area contributed by atoms with Gasteiger partial charge < -0.3 is 35.1 Å². The third kappa shape index (κ3) is 17.8. The fraction of sp³-hybridized carbons (Fsp3) is 0.250. The van der Waals surface area contributed by atoms with Crippen molar-refractivity contribution in [1.29, 1.82) is 0 Å². The number of pyridine rings is 4. The third-order valence-corrected chi connectivity index (χ3v) is 9.19. The van der Waals surface area contributed by atoms with Gasteiger partial charge in [-0.15, -0.1) is 0 Å². The highest BCUT2D eigenvalue weighted by atomic mass is 35.5. The smallest absolute Gasteiger partial charge is 0.341 e. The number of carboxylic acids is 1. The van der Waals surface area contributed by atoms with Crippen molar-refractivity contribution in [1.82, 2.24) is 25.3 Å². The molecule has 0 radical (unpaired) electrons. The molecule has 2 aromatic carbocycles. The van der Waals surface area contributed by atoms with Crippen molar-refractivity contribution in [2.24, 2.45) is 5.73 Å². The molecule has 15 nitrogen and oxygen atoms in total. The molecule has 4 aromatic heterocycles. The van der Waals surface area contributed by atoms with Gasteiger partial charge in [0.2, 0.25) is 11.8 Å². The molecule has 0 unspecified atom stereocenters. The van der Waals surface area contributed by atoms with Gasteiger partial charge in [-0.3, -0.25) is 14.8 Å². The van der Waals surface area contributed by atoms with Gasteiger partial charge in [0.15, 0.2) is 0 Å². The number of aromatic nitrogens is 4. The minimum absolute atomic E-state index is 0.0207. The van der Waals surface area contributed by atoms with Crippen molar-refractivity contribution < 1.29 is 43.2 Å². The maximum atomic E-state index is 13.0. The van der Waals surface area contributed by atoms with Crippen molar-refractivity contribution in [3.63, 3.8) is 0 Å². The zero-order valence-corrected chi connectivity index (χ0v) is 40.7. The summed E-state index contributed by atoms with van der Waals surface area (Å²) in [6, 6.07) is 19.4. The first-order valence-electron chi connectivity index (χ1n) is 20.2. The molecule has 352 valence electrons. The summed E-state index contributed by atoms with van der Waals surface area (Å²) in [4.78, 5) is 63.6. The van der Waals surface area contributed by atoms with E-state index in [0.29, 0.717) is 32.7 Å². The van der Waals surface area contributed by atoms with Crippen LogP contribution in [0.5, 0.6) is 23.3 Å². The minimum atomic E-state index is -1.19. The molecule has 4 heterocycles. The first-order chi connectivity index (χ1) is 31.4. The maximum absolute atomic E-state index is 13.0. The van der Waals surface area contributed by atoms with Crippen LogP contribution in [0.25, 0.3) is 0 Å². The highest BCUT2D eigenvalue weighted by Gasteiger charge is 2.22. The van der Waals surface area contributed by atoms with Gasteiger partial charge in [-0.25, -0.2) is 24.4 Å². The Morgan fingerprint density at radius 2 is 0.970 bits per heavy atom. The van der Waals surface area contributed by atoms with Gasteiger partial charge >= 0.3 is 17.9 Å². The number of ether oxygens (including phenoxy) is 4. The second kappa shape index (κ2) is 23.9. The molecule has 67 heavy (non-hydrogen) atoms. The molecule has 0 saturated heterocycles. The van der Waals surface area contributed by atoms with E-state index in [1.807, 2.05) is 67.5 Å². The van der Waals surface area contributed by atoms with Crippen LogP contribution in [-0.2, 0) is 9.47 Å². The highest BCUT2D eigenvalue weighted by Crippen LogP contribution is 2.29. The number of aromatic carboxylic acids is 1. The van der Waals surface area contributed by atoms with Gasteiger partial charge in [0.05, 0.1) is 49.7 Å². The van der Waals surface area contributed by atoms with Crippen LogP contribution in [0, 0.1) is 0 Å². The number of carboxylic acid groups (broad SMARTS) is 1. The summed E-state index contributed by atoms with van der Waals surface area (Å²) in [6.07, 6.45) is 8.42. The molecule has 0 spiro atoms. The number of carbonyl (C=O) groups excluding carboxylic acids is 3. The van der Waals surface area contributed by atoms with Crippen LogP contribution < -0.4 is 20.5 Å². The topological polar surface area (TPSA) is 215 Å². The molecule has 0 fully saturated rings. The lowest BCUT2D eigenvalue weighted by Gasteiger charge is -2.20. The summed E-state index contributed by atoms with van der Waals surface area (Å²) < 4.78 is 21.6. The predicted octanol–water partition coefficient (Wildman–Crippen LogP) is 12.0. The van der Waals surface area contributed by atoms with E-state index in [1.165, 1.54) is 55.4 Å². The van der Waals surface area contributed by atoms with Crippen LogP contribution in [-0.4, -0.2) is 60.1 Å².